The largest absolute Gasteiger partial charge is 0.494 e. The lowest BCUT2D eigenvalue weighted by atomic mass is 10.0. The van der Waals surface area contributed by atoms with Crippen LogP contribution >= 0.6 is 15.9 Å². The van der Waals surface area contributed by atoms with Crippen LogP contribution in [0.1, 0.15) is 31.9 Å². The maximum atomic E-state index is 15.0. The minimum Gasteiger partial charge on any atom is -0.494 e. The van der Waals surface area contributed by atoms with Gasteiger partial charge < -0.3 is 15.0 Å². The third-order valence-electron chi connectivity index (χ3n) is 7.12. The molecule has 0 bridgehead atoms. The first-order valence-corrected chi connectivity index (χ1v) is 17.1. The van der Waals surface area contributed by atoms with Crippen LogP contribution in [-0.4, -0.2) is 50.4 Å². The van der Waals surface area contributed by atoms with Crippen LogP contribution in [0.15, 0.2) is 112 Å². The van der Waals surface area contributed by atoms with Crippen LogP contribution in [0.2, 0.25) is 0 Å². The average Bonchev–Trinajstić information content (AvgIpc) is 3.03. The van der Waals surface area contributed by atoms with Crippen LogP contribution in [0.4, 0.5) is 10.1 Å². The van der Waals surface area contributed by atoms with E-state index in [4.69, 9.17) is 4.74 Å². The van der Waals surface area contributed by atoms with E-state index in [-0.39, 0.29) is 35.2 Å². The quantitative estimate of drug-likeness (QED) is 0.165. The van der Waals surface area contributed by atoms with Crippen molar-refractivity contribution in [3.63, 3.8) is 0 Å². The molecule has 4 aromatic carbocycles. The van der Waals surface area contributed by atoms with Gasteiger partial charge in [0.25, 0.3) is 10.0 Å². The summed E-state index contributed by atoms with van der Waals surface area (Å²) in [7, 11) is -4.28. The van der Waals surface area contributed by atoms with Gasteiger partial charge in [0.1, 0.15) is 24.2 Å². The molecular formula is C35H37BrFN3O5S. The Hall–Kier alpha value is -4.22. The van der Waals surface area contributed by atoms with E-state index in [1.807, 2.05) is 37.3 Å². The van der Waals surface area contributed by atoms with Gasteiger partial charge in [0, 0.05) is 29.0 Å². The molecule has 1 N–H and O–H groups in total. The molecule has 2 amide bonds. The third-order valence-corrected chi connectivity index (χ3v) is 9.43. The predicted molar refractivity (Wildman–Crippen MR) is 180 cm³/mol. The molecule has 0 aliphatic rings. The predicted octanol–water partition coefficient (Wildman–Crippen LogP) is 6.35. The second-order valence-corrected chi connectivity index (χ2v) is 13.7. The zero-order chi connectivity index (χ0) is 33.3. The number of anilines is 1. The number of carbonyl (C=O) groups is 2. The standard InChI is InChI=1S/C35H37BrFN3O5S/c1-4-45-30-18-16-29(17-19-30)40(46(43,44)31-20-14-28(36)15-21-31)24-34(41)39(23-27-12-8-9-13-32(27)37)33(35(42)38-25(2)3)22-26-10-6-5-7-11-26/h5-21,25,33H,4,22-24H2,1-3H3,(H,38,42)/t33-/m1/s1. The Morgan fingerprint density at radius 3 is 2.13 bits per heavy atom. The van der Waals surface area contributed by atoms with Gasteiger partial charge in [0.2, 0.25) is 11.8 Å². The van der Waals surface area contributed by atoms with Crippen molar-refractivity contribution < 1.29 is 27.1 Å². The van der Waals surface area contributed by atoms with Crippen molar-refractivity contribution in [1.82, 2.24) is 10.2 Å². The minimum absolute atomic E-state index is 0.0311. The molecule has 0 aliphatic heterocycles. The Bertz CT molecular complexity index is 1720. The van der Waals surface area contributed by atoms with Gasteiger partial charge in [-0.15, -0.1) is 0 Å². The van der Waals surface area contributed by atoms with Crippen LogP contribution in [0.3, 0.4) is 0 Å². The Balaban J connectivity index is 1.81. The van der Waals surface area contributed by atoms with Crippen molar-refractivity contribution in [3.05, 3.63) is 125 Å². The molecule has 0 aliphatic carbocycles. The summed E-state index contributed by atoms with van der Waals surface area (Å²) in [6.45, 7) is 4.95. The van der Waals surface area contributed by atoms with E-state index in [0.29, 0.717) is 16.8 Å². The van der Waals surface area contributed by atoms with Crippen LogP contribution in [0.5, 0.6) is 5.75 Å². The summed E-state index contributed by atoms with van der Waals surface area (Å²) in [5, 5.41) is 2.89. The minimum atomic E-state index is -4.28. The monoisotopic (exact) mass is 709 g/mol. The fourth-order valence-electron chi connectivity index (χ4n) is 4.88. The van der Waals surface area contributed by atoms with Crippen molar-refractivity contribution in [2.24, 2.45) is 0 Å². The maximum absolute atomic E-state index is 15.0. The molecule has 0 heterocycles. The van der Waals surface area contributed by atoms with Gasteiger partial charge in [-0.05, 0) is 80.9 Å². The fraction of sp³-hybridized carbons (Fsp3) is 0.257. The Morgan fingerprint density at radius 2 is 1.52 bits per heavy atom. The number of carbonyl (C=O) groups excluding carboxylic acids is 2. The molecule has 0 fully saturated rings. The topological polar surface area (TPSA) is 96.0 Å². The van der Waals surface area contributed by atoms with Gasteiger partial charge in [0.15, 0.2) is 0 Å². The summed E-state index contributed by atoms with van der Waals surface area (Å²) in [5.74, 6) is -1.13. The molecule has 0 radical (unpaired) electrons. The van der Waals surface area contributed by atoms with Gasteiger partial charge in [-0.25, -0.2) is 12.8 Å². The zero-order valence-electron chi connectivity index (χ0n) is 25.9. The molecule has 46 heavy (non-hydrogen) atoms. The molecule has 0 saturated carbocycles. The lowest BCUT2D eigenvalue weighted by Crippen LogP contribution is -2.54. The average molecular weight is 711 g/mol. The molecule has 0 aromatic heterocycles. The van der Waals surface area contributed by atoms with Crippen LogP contribution < -0.4 is 14.4 Å². The molecule has 0 saturated heterocycles. The molecule has 0 spiro atoms. The number of halogens is 2. The Morgan fingerprint density at radius 1 is 0.891 bits per heavy atom. The number of nitrogens with one attached hydrogen (secondary N) is 1. The van der Waals surface area contributed by atoms with E-state index in [1.54, 1.807) is 62.4 Å². The summed E-state index contributed by atoms with van der Waals surface area (Å²) in [5.41, 5.74) is 1.19. The lowest BCUT2D eigenvalue weighted by molar-refractivity contribution is -0.140. The highest BCUT2D eigenvalue weighted by molar-refractivity contribution is 9.10. The first-order chi connectivity index (χ1) is 22.0. The van der Waals surface area contributed by atoms with Crippen molar-refractivity contribution in [1.29, 1.82) is 0 Å². The van der Waals surface area contributed by atoms with Crippen LogP contribution in [0, 0.1) is 5.82 Å². The summed E-state index contributed by atoms with van der Waals surface area (Å²) < 4.78 is 50.5. The fourth-order valence-corrected chi connectivity index (χ4v) is 6.56. The van der Waals surface area contributed by atoms with E-state index in [9.17, 15) is 18.0 Å². The van der Waals surface area contributed by atoms with E-state index in [1.165, 1.54) is 29.2 Å². The lowest BCUT2D eigenvalue weighted by Gasteiger charge is -2.34. The number of hydrogen-bond acceptors (Lipinski definition) is 5. The molecule has 4 aromatic rings. The highest BCUT2D eigenvalue weighted by Crippen LogP contribution is 2.28. The number of amides is 2. The van der Waals surface area contributed by atoms with Gasteiger partial charge in [-0.3, -0.25) is 13.9 Å². The summed E-state index contributed by atoms with van der Waals surface area (Å²) in [6.07, 6.45) is 0.127. The third kappa shape index (κ3) is 8.95. The summed E-state index contributed by atoms with van der Waals surface area (Å²) >= 11 is 3.34. The zero-order valence-corrected chi connectivity index (χ0v) is 28.3. The maximum Gasteiger partial charge on any atom is 0.264 e. The van der Waals surface area contributed by atoms with Gasteiger partial charge in [0.05, 0.1) is 17.2 Å². The summed E-state index contributed by atoms with van der Waals surface area (Å²) in [4.78, 5) is 29.4. The Kier molecular flexibility index (Phi) is 11.9. The van der Waals surface area contributed by atoms with Gasteiger partial charge >= 0.3 is 0 Å². The number of sulfonamides is 1. The van der Waals surface area contributed by atoms with Gasteiger partial charge in [-0.1, -0.05) is 64.5 Å². The van der Waals surface area contributed by atoms with E-state index >= 15 is 4.39 Å². The molecule has 4 rings (SSSR count). The SMILES string of the molecule is CCOc1ccc(N(CC(=O)N(Cc2ccccc2F)[C@H](Cc2ccccc2)C(=O)NC(C)C)S(=O)(=O)c2ccc(Br)cc2)cc1. The number of ether oxygens (including phenoxy) is 1. The summed E-state index contributed by atoms with van der Waals surface area (Å²) in [6, 6.07) is 26.3. The molecule has 0 unspecified atom stereocenters. The number of rotatable bonds is 14. The highest BCUT2D eigenvalue weighted by atomic mass is 79.9. The number of benzene rings is 4. The number of hydrogen-bond donors (Lipinski definition) is 1. The Labute approximate surface area is 278 Å². The van der Waals surface area contributed by atoms with E-state index in [0.717, 1.165) is 9.87 Å². The molecule has 1 atom stereocenters. The van der Waals surface area contributed by atoms with Crippen LogP contribution in [-0.2, 0) is 32.6 Å². The highest BCUT2D eigenvalue weighted by Gasteiger charge is 2.35. The first kappa shape index (κ1) is 34.6. The number of nitrogens with zero attached hydrogens (tertiary/aromatic N) is 2. The molecule has 242 valence electrons. The van der Waals surface area contributed by atoms with E-state index in [2.05, 4.69) is 21.2 Å². The van der Waals surface area contributed by atoms with Crippen molar-refractivity contribution in [2.75, 3.05) is 17.5 Å². The molecular weight excluding hydrogens is 673 g/mol. The molecule has 11 heteroatoms. The molecule has 8 nitrogen and oxygen atoms in total. The van der Waals surface area contributed by atoms with Crippen molar-refractivity contribution in [3.8, 4) is 5.75 Å². The smallest absolute Gasteiger partial charge is 0.264 e. The van der Waals surface area contributed by atoms with Crippen molar-refractivity contribution in [2.45, 2.75) is 50.7 Å². The normalized spacial score (nSPS) is 12.0. The van der Waals surface area contributed by atoms with Crippen LogP contribution in [0.25, 0.3) is 0 Å². The second-order valence-electron chi connectivity index (χ2n) is 10.9. The second kappa shape index (κ2) is 15.9. The van der Waals surface area contributed by atoms with Gasteiger partial charge in [-0.2, -0.15) is 0 Å². The first-order valence-electron chi connectivity index (χ1n) is 14.9. The van der Waals surface area contributed by atoms with E-state index < -0.39 is 40.2 Å². The van der Waals surface area contributed by atoms with Crippen molar-refractivity contribution >= 4 is 43.5 Å².